The monoisotopic (exact) mass is 286 g/mol. The smallest absolute Gasteiger partial charge is 0.235 e. The van der Waals surface area contributed by atoms with E-state index in [4.69, 9.17) is 23.2 Å². The van der Waals surface area contributed by atoms with Gasteiger partial charge in [-0.05, 0) is 6.07 Å². The average molecular weight is 287 g/mol. The lowest BCUT2D eigenvalue weighted by Crippen LogP contribution is -2.32. The van der Waals surface area contributed by atoms with Gasteiger partial charge in [-0.25, -0.2) is 4.98 Å². The van der Waals surface area contributed by atoms with E-state index in [1.54, 1.807) is 26.0 Å². The predicted octanol–water partition coefficient (Wildman–Crippen LogP) is 2.67. The zero-order valence-electron chi connectivity index (χ0n) is 10.0. The molecular formula is C12H12Cl2N2O2. The van der Waals surface area contributed by atoms with Crippen LogP contribution < -0.4 is 0 Å². The second-order valence-corrected chi connectivity index (χ2v) is 5.67. The first-order chi connectivity index (χ1) is 8.31. The number of rotatable bonds is 2. The van der Waals surface area contributed by atoms with Gasteiger partial charge in [-0.2, -0.15) is 0 Å². The molecule has 1 fully saturated rings. The van der Waals surface area contributed by atoms with Crippen LogP contribution >= 0.6 is 23.2 Å². The molecule has 4 nitrogen and oxygen atoms in total. The van der Waals surface area contributed by atoms with Crippen molar-refractivity contribution in [3.05, 3.63) is 28.0 Å². The molecule has 2 rings (SSSR count). The van der Waals surface area contributed by atoms with E-state index in [9.17, 15) is 9.59 Å². The van der Waals surface area contributed by atoms with Crippen LogP contribution in [0.4, 0.5) is 0 Å². The van der Waals surface area contributed by atoms with Crippen molar-refractivity contribution in [3.63, 3.8) is 0 Å². The van der Waals surface area contributed by atoms with Crippen LogP contribution in [0.15, 0.2) is 12.1 Å². The Labute approximate surface area is 115 Å². The first kappa shape index (κ1) is 13.3. The van der Waals surface area contributed by atoms with E-state index in [1.165, 1.54) is 4.90 Å². The molecule has 1 aliphatic rings. The Morgan fingerprint density at radius 2 is 2.00 bits per heavy atom. The van der Waals surface area contributed by atoms with Gasteiger partial charge in [-0.15, -0.1) is 0 Å². The molecule has 0 saturated carbocycles. The fourth-order valence-electron chi connectivity index (χ4n) is 1.92. The van der Waals surface area contributed by atoms with Crippen molar-refractivity contribution < 1.29 is 9.59 Å². The molecule has 18 heavy (non-hydrogen) atoms. The Morgan fingerprint density at radius 3 is 2.50 bits per heavy atom. The van der Waals surface area contributed by atoms with Gasteiger partial charge in [0.25, 0.3) is 0 Å². The molecule has 6 heteroatoms. The lowest BCUT2D eigenvalue weighted by Gasteiger charge is -2.18. The number of amides is 2. The lowest BCUT2D eigenvalue weighted by molar-refractivity contribution is -0.141. The molecule has 0 spiro atoms. The summed E-state index contributed by atoms with van der Waals surface area (Å²) in [6, 6.07) is 3.25. The summed E-state index contributed by atoms with van der Waals surface area (Å²) in [7, 11) is 0. The highest BCUT2D eigenvalue weighted by Crippen LogP contribution is 2.33. The van der Waals surface area contributed by atoms with Gasteiger partial charge in [0.1, 0.15) is 10.3 Å². The third kappa shape index (κ3) is 2.35. The standard InChI is InChI=1S/C12H12Cl2N2O2/c1-12(2)5-9(17)16(11(12)18)6-7-3-4-8(13)15-10(7)14/h3-4H,5-6H2,1-2H3. The highest BCUT2D eigenvalue weighted by Gasteiger charge is 2.44. The van der Waals surface area contributed by atoms with Crippen LogP contribution in [-0.2, 0) is 16.1 Å². The van der Waals surface area contributed by atoms with E-state index in [-0.39, 0.29) is 35.1 Å². The number of aromatic nitrogens is 1. The molecule has 0 bridgehead atoms. The Hall–Kier alpha value is -1.13. The van der Waals surface area contributed by atoms with Gasteiger partial charge < -0.3 is 0 Å². The third-order valence-electron chi connectivity index (χ3n) is 2.94. The van der Waals surface area contributed by atoms with Crippen molar-refractivity contribution in [2.24, 2.45) is 5.41 Å². The van der Waals surface area contributed by atoms with Crippen molar-refractivity contribution in [1.29, 1.82) is 0 Å². The highest BCUT2D eigenvalue weighted by atomic mass is 35.5. The normalized spacial score (nSPS) is 18.6. The van der Waals surface area contributed by atoms with Crippen molar-refractivity contribution in [2.45, 2.75) is 26.8 Å². The molecular weight excluding hydrogens is 275 g/mol. The van der Waals surface area contributed by atoms with Gasteiger partial charge in [0, 0.05) is 12.0 Å². The lowest BCUT2D eigenvalue weighted by atomic mass is 9.92. The van der Waals surface area contributed by atoms with E-state index in [1.807, 2.05) is 0 Å². The maximum Gasteiger partial charge on any atom is 0.235 e. The molecule has 0 unspecified atom stereocenters. The predicted molar refractivity (Wildman–Crippen MR) is 68.2 cm³/mol. The van der Waals surface area contributed by atoms with E-state index in [2.05, 4.69) is 4.98 Å². The number of pyridine rings is 1. The second kappa shape index (κ2) is 4.52. The van der Waals surface area contributed by atoms with Gasteiger partial charge in [-0.1, -0.05) is 43.1 Å². The van der Waals surface area contributed by atoms with Gasteiger partial charge >= 0.3 is 0 Å². The van der Waals surface area contributed by atoms with E-state index < -0.39 is 5.41 Å². The first-order valence-electron chi connectivity index (χ1n) is 5.47. The molecule has 1 aromatic heterocycles. The molecule has 96 valence electrons. The van der Waals surface area contributed by atoms with Crippen molar-refractivity contribution in [3.8, 4) is 0 Å². The van der Waals surface area contributed by atoms with Gasteiger partial charge in [0.2, 0.25) is 11.8 Å². The fourth-order valence-corrected chi connectivity index (χ4v) is 2.32. The maximum absolute atomic E-state index is 12.0. The fraction of sp³-hybridized carbons (Fsp3) is 0.417. The summed E-state index contributed by atoms with van der Waals surface area (Å²) in [6.45, 7) is 3.66. The highest BCUT2D eigenvalue weighted by molar-refractivity contribution is 6.32. The molecule has 2 heterocycles. The Bertz CT molecular complexity index is 529. The number of nitrogens with zero attached hydrogens (tertiary/aromatic N) is 2. The van der Waals surface area contributed by atoms with Crippen LogP contribution in [-0.4, -0.2) is 21.7 Å². The van der Waals surface area contributed by atoms with Gasteiger partial charge in [-0.3, -0.25) is 14.5 Å². The number of hydrogen-bond acceptors (Lipinski definition) is 3. The van der Waals surface area contributed by atoms with Crippen molar-refractivity contribution in [2.75, 3.05) is 0 Å². The number of likely N-dealkylation sites (tertiary alicyclic amines) is 1. The molecule has 1 aromatic rings. The summed E-state index contributed by atoms with van der Waals surface area (Å²) < 4.78 is 0. The Balaban J connectivity index is 2.24. The molecule has 0 radical (unpaired) electrons. The molecule has 2 amide bonds. The van der Waals surface area contributed by atoms with E-state index in [0.29, 0.717) is 5.56 Å². The maximum atomic E-state index is 12.0. The average Bonchev–Trinajstić information content (AvgIpc) is 2.44. The van der Waals surface area contributed by atoms with Crippen LogP contribution in [0.1, 0.15) is 25.8 Å². The summed E-state index contributed by atoms with van der Waals surface area (Å²) in [4.78, 5) is 28.9. The van der Waals surface area contributed by atoms with Crippen molar-refractivity contribution >= 4 is 35.0 Å². The van der Waals surface area contributed by atoms with Crippen LogP contribution in [0.3, 0.4) is 0 Å². The summed E-state index contributed by atoms with van der Waals surface area (Å²) in [5, 5.41) is 0.496. The molecule has 1 saturated heterocycles. The first-order valence-corrected chi connectivity index (χ1v) is 6.22. The Kier molecular flexibility index (Phi) is 3.34. The topological polar surface area (TPSA) is 50.3 Å². The summed E-state index contributed by atoms with van der Waals surface area (Å²) in [6.07, 6.45) is 0.227. The number of imide groups is 1. The number of hydrogen-bond donors (Lipinski definition) is 0. The molecule has 1 aliphatic heterocycles. The Morgan fingerprint density at radius 1 is 1.33 bits per heavy atom. The second-order valence-electron chi connectivity index (χ2n) is 4.93. The minimum absolute atomic E-state index is 0.143. The van der Waals surface area contributed by atoms with Crippen LogP contribution in [0, 0.1) is 5.41 Å². The van der Waals surface area contributed by atoms with Crippen LogP contribution in [0.5, 0.6) is 0 Å². The minimum atomic E-state index is -0.636. The molecule has 0 aliphatic carbocycles. The third-order valence-corrected chi connectivity index (χ3v) is 3.48. The van der Waals surface area contributed by atoms with Crippen LogP contribution in [0.2, 0.25) is 10.3 Å². The summed E-state index contributed by atoms with van der Waals surface area (Å²) in [5.74, 6) is -0.366. The van der Waals surface area contributed by atoms with Gasteiger partial charge in [0.05, 0.1) is 12.0 Å². The largest absolute Gasteiger partial charge is 0.278 e. The SMILES string of the molecule is CC1(C)CC(=O)N(Cc2ccc(Cl)nc2Cl)C1=O. The summed E-state index contributed by atoms with van der Waals surface area (Å²) >= 11 is 11.6. The molecule has 0 aromatic carbocycles. The molecule has 0 N–H and O–H groups in total. The zero-order valence-corrected chi connectivity index (χ0v) is 11.5. The summed E-state index contributed by atoms with van der Waals surface area (Å²) in [5.41, 5.74) is -0.0240. The van der Waals surface area contributed by atoms with Crippen LogP contribution in [0.25, 0.3) is 0 Å². The van der Waals surface area contributed by atoms with Crippen molar-refractivity contribution in [1.82, 2.24) is 9.88 Å². The van der Waals surface area contributed by atoms with E-state index >= 15 is 0 Å². The van der Waals surface area contributed by atoms with Gasteiger partial charge in [0.15, 0.2) is 0 Å². The quantitative estimate of drug-likeness (QED) is 0.620. The molecule has 0 atom stereocenters. The number of carbonyl (C=O) groups is 2. The number of halogens is 2. The minimum Gasteiger partial charge on any atom is -0.278 e. The number of carbonyl (C=O) groups excluding carboxylic acids is 2. The van der Waals surface area contributed by atoms with E-state index in [0.717, 1.165) is 0 Å². The zero-order chi connectivity index (χ0) is 13.5.